The number of hydrogen-bond acceptors (Lipinski definition) is 1. The Morgan fingerprint density at radius 2 is 1.09 bits per heavy atom. The number of rotatable bonds is 4. The molecule has 0 atom stereocenters. The Morgan fingerprint density at radius 1 is 0.591 bits per heavy atom. The Hall–Kier alpha value is -2.51. The second-order valence-corrected chi connectivity index (χ2v) is 5.43. The zero-order chi connectivity index (χ0) is 15.2. The van der Waals surface area contributed by atoms with Crippen LogP contribution < -0.4 is 5.32 Å². The van der Waals surface area contributed by atoms with Gasteiger partial charge in [-0.3, -0.25) is 0 Å². The Bertz CT molecular complexity index is 744. The molecule has 2 heteroatoms. The summed E-state index contributed by atoms with van der Waals surface area (Å²) in [7, 11) is 0. The normalized spacial score (nSPS) is 10.8. The first kappa shape index (κ1) is 14.4. The van der Waals surface area contributed by atoms with E-state index in [2.05, 4.69) is 53.9 Å². The van der Waals surface area contributed by atoms with Crippen molar-refractivity contribution in [1.29, 1.82) is 0 Å². The largest absolute Gasteiger partial charge is 0.356 e. The Balaban J connectivity index is 1.67. The van der Waals surface area contributed by atoms with Gasteiger partial charge in [0, 0.05) is 16.4 Å². The summed E-state index contributed by atoms with van der Waals surface area (Å²) in [6, 6.07) is 26.3. The molecular formula is C20H16ClN. The van der Waals surface area contributed by atoms with E-state index in [9.17, 15) is 0 Å². The number of benzene rings is 3. The molecule has 0 unspecified atom stereocenters. The third kappa shape index (κ3) is 4.00. The monoisotopic (exact) mass is 305 g/mol. The second kappa shape index (κ2) is 6.97. The standard InChI is InChI=1S/C20H16ClN/c21-18-10-14-20(15-11-18)22-19-12-8-17(9-13-19)7-6-16-4-2-1-3-5-16/h1-15,22H/b7-6+. The predicted molar refractivity (Wildman–Crippen MR) is 96.5 cm³/mol. The van der Waals surface area contributed by atoms with Crippen LogP contribution >= 0.6 is 11.6 Å². The van der Waals surface area contributed by atoms with Gasteiger partial charge in [-0.05, 0) is 47.5 Å². The van der Waals surface area contributed by atoms with E-state index in [0.717, 1.165) is 16.4 Å². The molecule has 0 radical (unpaired) electrons. The van der Waals surface area contributed by atoms with Crippen molar-refractivity contribution in [2.24, 2.45) is 0 Å². The molecule has 0 aliphatic heterocycles. The van der Waals surface area contributed by atoms with E-state index in [4.69, 9.17) is 11.6 Å². The highest BCUT2D eigenvalue weighted by atomic mass is 35.5. The first-order valence-corrected chi connectivity index (χ1v) is 7.53. The van der Waals surface area contributed by atoms with Gasteiger partial charge >= 0.3 is 0 Å². The summed E-state index contributed by atoms with van der Waals surface area (Å²) < 4.78 is 0. The average Bonchev–Trinajstić information content (AvgIpc) is 2.57. The lowest BCUT2D eigenvalue weighted by atomic mass is 10.1. The van der Waals surface area contributed by atoms with Gasteiger partial charge in [0.1, 0.15) is 0 Å². The van der Waals surface area contributed by atoms with Crippen LogP contribution in [0.3, 0.4) is 0 Å². The van der Waals surface area contributed by atoms with E-state index in [1.165, 1.54) is 11.1 Å². The lowest BCUT2D eigenvalue weighted by Gasteiger charge is -2.06. The van der Waals surface area contributed by atoms with E-state index >= 15 is 0 Å². The molecule has 1 nitrogen and oxygen atoms in total. The van der Waals surface area contributed by atoms with Gasteiger partial charge in [-0.1, -0.05) is 66.2 Å². The fourth-order valence-corrected chi connectivity index (χ4v) is 2.26. The van der Waals surface area contributed by atoms with Crippen molar-refractivity contribution in [2.75, 3.05) is 5.32 Å². The Labute approximate surface area is 135 Å². The molecule has 0 fully saturated rings. The molecule has 0 aliphatic rings. The van der Waals surface area contributed by atoms with Crippen LogP contribution in [0.1, 0.15) is 11.1 Å². The molecule has 0 saturated carbocycles. The van der Waals surface area contributed by atoms with Crippen LogP contribution in [0.25, 0.3) is 12.2 Å². The van der Waals surface area contributed by atoms with Gasteiger partial charge in [-0.2, -0.15) is 0 Å². The van der Waals surface area contributed by atoms with Crippen molar-refractivity contribution in [1.82, 2.24) is 0 Å². The molecule has 3 aromatic carbocycles. The van der Waals surface area contributed by atoms with Gasteiger partial charge < -0.3 is 5.32 Å². The zero-order valence-electron chi connectivity index (χ0n) is 12.0. The molecule has 3 aromatic rings. The lowest BCUT2D eigenvalue weighted by molar-refractivity contribution is 1.54. The lowest BCUT2D eigenvalue weighted by Crippen LogP contribution is -1.89. The van der Waals surface area contributed by atoms with Gasteiger partial charge in [-0.15, -0.1) is 0 Å². The highest BCUT2D eigenvalue weighted by Gasteiger charge is 1.95. The molecule has 1 N–H and O–H groups in total. The fourth-order valence-electron chi connectivity index (χ4n) is 2.13. The van der Waals surface area contributed by atoms with Crippen LogP contribution in [-0.4, -0.2) is 0 Å². The molecule has 0 saturated heterocycles. The van der Waals surface area contributed by atoms with Crippen molar-refractivity contribution >= 4 is 35.1 Å². The molecular weight excluding hydrogens is 290 g/mol. The number of nitrogens with one attached hydrogen (secondary N) is 1. The third-order valence-electron chi connectivity index (χ3n) is 3.31. The van der Waals surface area contributed by atoms with Crippen LogP contribution in [0.5, 0.6) is 0 Å². The Kier molecular flexibility index (Phi) is 4.57. The minimum Gasteiger partial charge on any atom is -0.356 e. The summed E-state index contributed by atoms with van der Waals surface area (Å²) in [6.45, 7) is 0. The van der Waals surface area contributed by atoms with E-state index in [-0.39, 0.29) is 0 Å². The van der Waals surface area contributed by atoms with E-state index in [1.807, 2.05) is 42.5 Å². The fraction of sp³-hybridized carbons (Fsp3) is 0. The summed E-state index contributed by atoms with van der Waals surface area (Å²) in [5.74, 6) is 0. The number of halogens is 1. The van der Waals surface area contributed by atoms with Gasteiger partial charge in [0.25, 0.3) is 0 Å². The summed E-state index contributed by atoms with van der Waals surface area (Å²) in [6.07, 6.45) is 4.23. The van der Waals surface area contributed by atoms with E-state index in [0.29, 0.717) is 0 Å². The maximum Gasteiger partial charge on any atom is 0.0407 e. The summed E-state index contributed by atoms with van der Waals surface area (Å²) in [5.41, 5.74) is 4.45. The van der Waals surface area contributed by atoms with Crippen LogP contribution in [-0.2, 0) is 0 Å². The van der Waals surface area contributed by atoms with E-state index < -0.39 is 0 Å². The molecule has 0 aliphatic carbocycles. The smallest absolute Gasteiger partial charge is 0.0407 e. The number of hydrogen-bond donors (Lipinski definition) is 1. The van der Waals surface area contributed by atoms with Crippen LogP contribution in [0.2, 0.25) is 5.02 Å². The summed E-state index contributed by atoms with van der Waals surface area (Å²) >= 11 is 5.89. The topological polar surface area (TPSA) is 12.0 Å². The molecule has 0 aromatic heterocycles. The molecule has 3 rings (SSSR count). The van der Waals surface area contributed by atoms with Crippen molar-refractivity contribution in [2.45, 2.75) is 0 Å². The predicted octanol–water partition coefficient (Wildman–Crippen LogP) is 6.25. The number of anilines is 2. The SMILES string of the molecule is Clc1ccc(Nc2ccc(/C=C/c3ccccc3)cc2)cc1. The summed E-state index contributed by atoms with van der Waals surface area (Å²) in [4.78, 5) is 0. The van der Waals surface area contributed by atoms with Gasteiger partial charge in [-0.25, -0.2) is 0 Å². The molecule has 0 spiro atoms. The Morgan fingerprint density at radius 3 is 1.68 bits per heavy atom. The van der Waals surface area contributed by atoms with Crippen LogP contribution in [0, 0.1) is 0 Å². The van der Waals surface area contributed by atoms with Crippen LogP contribution in [0.15, 0.2) is 78.9 Å². The van der Waals surface area contributed by atoms with Crippen molar-refractivity contribution in [3.05, 3.63) is 95.0 Å². The van der Waals surface area contributed by atoms with Gasteiger partial charge in [0.2, 0.25) is 0 Å². The minimum atomic E-state index is 0.743. The first-order chi connectivity index (χ1) is 10.8. The molecule has 22 heavy (non-hydrogen) atoms. The van der Waals surface area contributed by atoms with Gasteiger partial charge in [0.15, 0.2) is 0 Å². The maximum atomic E-state index is 5.89. The van der Waals surface area contributed by atoms with Crippen molar-refractivity contribution < 1.29 is 0 Å². The quantitative estimate of drug-likeness (QED) is 0.561. The molecule has 0 heterocycles. The maximum absolute atomic E-state index is 5.89. The van der Waals surface area contributed by atoms with Gasteiger partial charge in [0.05, 0.1) is 0 Å². The minimum absolute atomic E-state index is 0.743. The molecule has 108 valence electrons. The van der Waals surface area contributed by atoms with Crippen molar-refractivity contribution in [3.8, 4) is 0 Å². The first-order valence-electron chi connectivity index (χ1n) is 7.15. The average molecular weight is 306 g/mol. The van der Waals surface area contributed by atoms with Crippen molar-refractivity contribution in [3.63, 3.8) is 0 Å². The highest BCUT2D eigenvalue weighted by Crippen LogP contribution is 2.20. The molecule has 0 amide bonds. The van der Waals surface area contributed by atoms with E-state index in [1.54, 1.807) is 0 Å². The van der Waals surface area contributed by atoms with Crippen LogP contribution in [0.4, 0.5) is 11.4 Å². The third-order valence-corrected chi connectivity index (χ3v) is 3.56. The highest BCUT2D eigenvalue weighted by molar-refractivity contribution is 6.30. The zero-order valence-corrected chi connectivity index (χ0v) is 12.8. The molecule has 0 bridgehead atoms. The summed E-state index contributed by atoms with van der Waals surface area (Å²) in [5, 5.41) is 4.09. The second-order valence-electron chi connectivity index (χ2n) is 5.00.